The van der Waals surface area contributed by atoms with Gasteiger partial charge in [0.05, 0.1) is 22.4 Å². The summed E-state index contributed by atoms with van der Waals surface area (Å²) in [5, 5.41) is 3.44. The topological polar surface area (TPSA) is 80.9 Å². The highest BCUT2D eigenvalue weighted by molar-refractivity contribution is 7.00. The Balaban J connectivity index is 1.75. The lowest BCUT2D eigenvalue weighted by atomic mass is 9.81. The van der Waals surface area contributed by atoms with Crippen molar-refractivity contribution in [3.8, 4) is 0 Å². The van der Waals surface area contributed by atoms with Gasteiger partial charge in [-0.25, -0.2) is 0 Å². The van der Waals surface area contributed by atoms with Gasteiger partial charge in [0, 0.05) is 5.92 Å². The van der Waals surface area contributed by atoms with Crippen LogP contribution < -0.4 is 11.1 Å². The van der Waals surface area contributed by atoms with Crippen molar-refractivity contribution in [2.75, 3.05) is 11.9 Å². The molecule has 0 saturated heterocycles. The third-order valence-electron chi connectivity index (χ3n) is 4.18. The summed E-state index contributed by atoms with van der Waals surface area (Å²) in [7, 11) is 0. The average Bonchev–Trinajstić information content (AvgIpc) is 2.99. The normalized spacial score (nSPS) is 22.4. The molecule has 1 amide bonds. The minimum atomic E-state index is 0.0212. The van der Waals surface area contributed by atoms with Gasteiger partial charge in [0.1, 0.15) is 11.0 Å². The predicted molar refractivity (Wildman–Crippen MR) is 85.6 cm³/mol. The molecule has 1 aliphatic rings. The van der Waals surface area contributed by atoms with Gasteiger partial charge in [0.25, 0.3) is 0 Å². The highest BCUT2D eigenvalue weighted by Gasteiger charge is 2.26. The van der Waals surface area contributed by atoms with Gasteiger partial charge in [0.2, 0.25) is 5.91 Å². The van der Waals surface area contributed by atoms with Gasteiger partial charge in [-0.15, -0.1) is 0 Å². The van der Waals surface area contributed by atoms with Crippen molar-refractivity contribution in [1.29, 1.82) is 0 Å². The Morgan fingerprint density at radius 1 is 1.33 bits per heavy atom. The number of benzene rings is 1. The van der Waals surface area contributed by atoms with E-state index >= 15 is 0 Å². The maximum absolute atomic E-state index is 12.4. The quantitative estimate of drug-likeness (QED) is 0.909. The zero-order valence-electron chi connectivity index (χ0n) is 11.5. The van der Waals surface area contributed by atoms with Gasteiger partial charge in [-0.05, 0) is 50.3 Å². The fourth-order valence-corrected chi connectivity index (χ4v) is 3.57. The maximum Gasteiger partial charge on any atom is 0.227 e. The molecule has 0 aliphatic heterocycles. The molecule has 21 heavy (non-hydrogen) atoms. The van der Waals surface area contributed by atoms with E-state index in [1.54, 1.807) is 6.07 Å². The number of amides is 1. The summed E-state index contributed by atoms with van der Waals surface area (Å²) in [4.78, 5) is 12.4. The van der Waals surface area contributed by atoms with Crippen molar-refractivity contribution in [2.24, 2.45) is 17.6 Å². The van der Waals surface area contributed by atoms with E-state index < -0.39 is 0 Å². The van der Waals surface area contributed by atoms with Crippen molar-refractivity contribution in [2.45, 2.75) is 25.7 Å². The Labute approximate surface area is 132 Å². The van der Waals surface area contributed by atoms with E-state index in [2.05, 4.69) is 14.1 Å². The number of aromatic nitrogens is 2. The van der Waals surface area contributed by atoms with Crippen LogP contribution in [0.15, 0.2) is 12.1 Å². The van der Waals surface area contributed by atoms with Gasteiger partial charge < -0.3 is 11.1 Å². The SMILES string of the molecule is NCC1CCC(C(=O)Nc2c(Cl)ccc3nsnc23)CC1. The van der Waals surface area contributed by atoms with Gasteiger partial charge >= 0.3 is 0 Å². The molecule has 1 fully saturated rings. The van der Waals surface area contributed by atoms with E-state index in [1.807, 2.05) is 6.07 Å². The predicted octanol–water partition coefficient (Wildman–Crippen LogP) is 3.05. The molecule has 1 aliphatic carbocycles. The first-order valence-corrected chi connectivity index (χ1v) is 8.21. The van der Waals surface area contributed by atoms with Crippen LogP contribution >= 0.6 is 23.3 Å². The van der Waals surface area contributed by atoms with E-state index in [9.17, 15) is 4.79 Å². The first-order chi connectivity index (χ1) is 10.2. The second kappa shape index (κ2) is 6.25. The van der Waals surface area contributed by atoms with E-state index in [0.29, 0.717) is 28.7 Å². The third kappa shape index (κ3) is 3.02. The average molecular weight is 325 g/mol. The lowest BCUT2D eigenvalue weighted by molar-refractivity contribution is -0.121. The minimum Gasteiger partial charge on any atom is -0.330 e. The van der Waals surface area contributed by atoms with Crippen LogP contribution in [0.1, 0.15) is 25.7 Å². The van der Waals surface area contributed by atoms with Crippen molar-refractivity contribution >= 4 is 46.0 Å². The Morgan fingerprint density at radius 3 is 2.81 bits per heavy atom. The van der Waals surface area contributed by atoms with E-state index in [1.165, 1.54) is 0 Å². The lowest BCUT2D eigenvalue weighted by Crippen LogP contribution is -2.29. The highest BCUT2D eigenvalue weighted by Crippen LogP contribution is 2.33. The van der Waals surface area contributed by atoms with E-state index in [4.69, 9.17) is 17.3 Å². The van der Waals surface area contributed by atoms with E-state index in [0.717, 1.165) is 42.9 Å². The monoisotopic (exact) mass is 324 g/mol. The molecule has 1 heterocycles. The summed E-state index contributed by atoms with van der Waals surface area (Å²) in [6, 6.07) is 3.55. The molecular weight excluding hydrogens is 308 g/mol. The molecule has 0 bridgehead atoms. The number of halogens is 1. The van der Waals surface area contributed by atoms with Crippen LogP contribution in [0.3, 0.4) is 0 Å². The van der Waals surface area contributed by atoms with Crippen molar-refractivity contribution in [3.63, 3.8) is 0 Å². The fraction of sp³-hybridized carbons (Fsp3) is 0.500. The minimum absolute atomic E-state index is 0.0212. The number of nitrogens with one attached hydrogen (secondary N) is 1. The summed E-state index contributed by atoms with van der Waals surface area (Å²) in [5.74, 6) is 0.613. The van der Waals surface area contributed by atoms with Crippen LogP contribution in [0.4, 0.5) is 5.69 Å². The number of rotatable bonds is 3. The fourth-order valence-electron chi connectivity index (χ4n) is 2.83. The number of carbonyl (C=O) groups is 1. The molecule has 1 aromatic heterocycles. The molecule has 3 rings (SSSR count). The zero-order chi connectivity index (χ0) is 14.8. The molecule has 0 spiro atoms. The Hall–Kier alpha value is -1.24. The van der Waals surface area contributed by atoms with Crippen molar-refractivity contribution in [1.82, 2.24) is 8.75 Å². The van der Waals surface area contributed by atoms with Crippen LogP contribution in [0.2, 0.25) is 5.02 Å². The highest BCUT2D eigenvalue weighted by atomic mass is 35.5. The van der Waals surface area contributed by atoms with Gasteiger partial charge in [0.15, 0.2) is 0 Å². The number of hydrogen-bond acceptors (Lipinski definition) is 5. The van der Waals surface area contributed by atoms with Crippen molar-refractivity contribution < 1.29 is 4.79 Å². The molecule has 7 heteroatoms. The Morgan fingerprint density at radius 2 is 2.10 bits per heavy atom. The van der Waals surface area contributed by atoms with Crippen LogP contribution in [-0.2, 0) is 4.79 Å². The summed E-state index contributed by atoms with van der Waals surface area (Å²) in [5.41, 5.74) is 7.68. The number of anilines is 1. The Bertz CT molecular complexity index is 651. The smallest absolute Gasteiger partial charge is 0.227 e. The third-order valence-corrected chi connectivity index (χ3v) is 5.03. The molecular formula is C14H17ClN4OS. The Kier molecular flexibility index (Phi) is 4.37. The molecule has 5 nitrogen and oxygen atoms in total. The molecule has 0 atom stereocenters. The van der Waals surface area contributed by atoms with E-state index in [-0.39, 0.29) is 11.8 Å². The van der Waals surface area contributed by atoms with Crippen LogP contribution in [0.5, 0.6) is 0 Å². The summed E-state index contributed by atoms with van der Waals surface area (Å²) in [6.45, 7) is 0.712. The number of carbonyl (C=O) groups excluding carboxylic acids is 1. The molecule has 2 aromatic rings. The number of fused-ring (bicyclic) bond motifs is 1. The zero-order valence-corrected chi connectivity index (χ0v) is 13.1. The standard InChI is InChI=1S/C14H17ClN4OS/c15-10-5-6-11-13(19-21-18-11)12(10)17-14(20)9-3-1-8(7-16)2-4-9/h5-6,8-9H,1-4,7,16H2,(H,17,20). The van der Waals surface area contributed by atoms with Crippen LogP contribution in [0, 0.1) is 11.8 Å². The number of hydrogen-bond donors (Lipinski definition) is 2. The number of nitrogens with zero attached hydrogens (tertiary/aromatic N) is 2. The molecule has 1 saturated carbocycles. The van der Waals surface area contributed by atoms with Crippen molar-refractivity contribution in [3.05, 3.63) is 17.2 Å². The molecule has 112 valence electrons. The summed E-state index contributed by atoms with van der Waals surface area (Å²) < 4.78 is 8.39. The summed E-state index contributed by atoms with van der Waals surface area (Å²) in [6.07, 6.45) is 3.81. The molecule has 0 radical (unpaired) electrons. The maximum atomic E-state index is 12.4. The number of nitrogens with two attached hydrogens (primary N) is 1. The lowest BCUT2D eigenvalue weighted by Gasteiger charge is -2.26. The largest absolute Gasteiger partial charge is 0.330 e. The first-order valence-electron chi connectivity index (χ1n) is 7.10. The molecule has 0 unspecified atom stereocenters. The second-order valence-corrected chi connectivity index (χ2v) is 6.43. The second-order valence-electron chi connectivity index (χ2n) is 5.50. The van der Waals surface area contributed by atoms with Crippen LogP contribution in [0.25, 0.3) is 11.0 Å². The molecule has 1 aromatic carbocycles. The van der Waals surface area contributed by atoms with Gasteiger partial charge in [-0.3, -0.25) is 4.79 Å². The summed E-state index contributed by atoms with van der Waals surface area (Å²) >= 11 is 7.31. The van der Waals surface area contributed by atoms with Gasteiger partial charge in [-0.2, -0.15) is 8.75 Å². The molecule has 3 N–H and O–H groups in total. The van der Waals surface area contributed by atoms with Crippen LogP contribution in [-0.4, -0.2) is 21.2 Å². The van der Waals surface area contributed by atoms with Gasteiger partial charge in [-0.1, -0.05) is 11.6 Å². The first kappa shape index (κ1) is 14.7.